The minimum atomic E-state index is -4.51. The molecule has 1 aromatic carbocycles. The smallest absolute Gasteiger partial charge is 0.416 e. The summed E-state index contributed by atoms with van der Waals surface area (Å²) in [7, 11) is 0. The number of nitrogens with zero attached hydrogens (tertiary/aromatic N) is 1. The van der Waals surface area contributed by atoms with Gasteiger partial charge in [0.15, 0.2) is 0 Å². The molecular formula is C16H20F3N3O4. The average molecular weight is 375 g/mol. The zero-order valence-electron chi connectivity index (χ0n) is 14.4. The number of amides is 3. The van der Waals surface area contributed by atoms with Crippen molar-refractivity contribution in [3.63, 3.8) is 0 Å². The van der Waals surface area contributed by atoms with Gasteiger partial charge in [-0.2, -0.15) is 13.2 Å². The second-order valence-electron chi connectivity index (χ2n) is 5.20. The number of carbonyl (C=O) groups excluding carboxylic acids is 3. The third-order valence-electron chi connectivity index (χ3n) is 3.17. The van der Waals surface area contributed by atoms with E-state index < -0.39 is 29.6 Å². The van der Waals surface area contributed by atoms with Crippen LogP contribution in [-0.4, -0.2) is 49.0 Å². The number of imide groups is 1. The fraction of sp³-hybridized carbons (Fsp3) is 0.438. The lowest BCUT2D eigenvalue weighted by Gasteiger charge is -2.19. The first-order chi connectivity index (χ1) is 12.2. The predicted molar refractivity (Wildman–Crippen MR) is 87.4 cm³/mol. The van der Waals surface area contributed by atoms with Crippen molar-refractivity contribution in [2.75, 3.05) is 31.6 Å². The van der Waals surface area contributed by atoms with Crippen molar-refractivity contribution in [3.05, 3.63) is 29.8 Å². The Kier molecular flexibility index (Phi) is 8.04. The van der Waals surface area contributed by atoms with Gasteiger partial charge >= 0.3 is 12.3 Å². The van der Waals surface area contributed by atoms with Crippen molar-refractivity contribution >= 4 is 23.6 Å². The Hall–Kier alpha value is -2.62. The van der Waals surface area contributed by atoms with Gasteiger partial charge in [0.25, 0.3) is 0 Å². The highest BCUT2D eigenvalue weighted by molar-refractivity contribution is 5.94. The van der Waals surface area contributed by atoms with E-state index in [1.165, 1.54) is 17.0 Å². The zero-order chi connectivity index (χ0) is 19.7. The molecule has 2 N–H and O–H groups in total. The zero-order valence-corrected chi connectivity index (χ0v) is 14.4. The summed E-state index contributed by atoms with van der Waals surface area (Å²) < 4.78 is 42.6. The van der Waals surface area contributed by atoms with Crippen molar-refractivity contribution < 1.29 is 32.3 Å². The molecule has 0 bridgehead atoms. The highest BCUT2D eigenvalue weighted by Gasteiger charge is 2.30. The number of anilines is 1. The Labute approximate surface area is 148 Å². The van der Waals surface area contributed by atoms with E-state index in [-0.39, 0.29) is 25.4 Å². The Bertz CT molecular complexity index is 650. The normalized spacial score (nSPS) is 11.2. The van der Waals surface area contributed by atoms with Gasteiger partial charge < -0.3 is 10.1 Å². The van der Waals surface area contributed by atoms with Gasteiger partial charge in [0, 0.05) is 5.69 Å². The highest BCUT2D eigenvalue weighted by Crippen LogP contribution is 2.30. The average Bonchev–Trinajstić information content (AvgIpc) is 2.53. The molecular weight excluding hydrogens is 355 g/mol. The van der Waals surface area contributed by atoms with Crippen LogP contribution in [0.3, 0.4) is 0 Å². The molecule has 0 fully saturated rings. The number of likely N-dealkylation sites (N-methyl/N-ethyl adjacent to an activating group) is 1. The number of halogens is 3. The number of carbonyl (C=O) groups is 3. The van der Waals surface area contributed by atoms with Gasteiger partial charge in [-0.05, 0) is 31.7 Å². The predicted octanol–water partition coefficient (Wildman–Crippen LogP) is 2.24. The third-order valence-corrected chi connectivity index (χ3v) is 3.17. The number of hydrogen-bond acceptors (Lipinski definition) is 5. The van der Waals surface area contributed by atoms with Crippen molar-refractivity contribution in [3.8, 4) is 0 Å². The van der Waals surface area contributed by atoms with E-state index in [2.05, 4.69) is 10.1 Å². The van der Waals surface area contributed by atoms with Crippen LogP contribution in [-0.2, 0) is 20.5 Å². The van der Waals surface area contributed by atoms with Crippen LogP contribution in [0.25, 0.3) is 0 Å². The summed E-state index contributed by atoms with van der Waals surface area (Å²) in [6.45, 7) is 3.21. The Morgan fingerprint density at radius 2 is 1.77 bits per heavy atom. The molecule has 0 aliphatic rings. The molecule has 0 spiro atoms. The monoisotopic (exact) mass is 375 g/mol. The third kappa shape index (κ3) is 7.51. The molecule has 26 heavy (non-hydrogen) atoms. The van der Waals surface area contributed by atoms with E-state index in [1.54, 1.807) is 13.8 Å². The largest absolute Gasteiger partial charge is 0.450 e. The molecule has 0 aromatic heterocycles. The van der Waals surface area contributed by atoms with Crippen molar-refractivity contribution in [2.45, 2.75) is 20.0 Å². The van der Waals surface area contributed by atoms with Crippen LogP contribution in [0.1, 0.15) is 19.4 Å². The van der Waals surface area contributed by atoms with Crippen molar-refractivity contribution in [1.29, 1.82) is 0 Å². The lowest BCUT2D eigenvalue weighted by atomic mass is 10.2. The van der Waals surface area contributed by atoms with Crippen LogP contribution in [0, 0.1) is 0 Å². The maximum absolute atomic E-state index is 12.7. The molecule has 7 nitrogen and oxygen atoms in total. The molecule has 3 amide bonds. The first kappa shape index (κ1) is 21.4. The summed E-state index contributed by atoms with van der Waals surface area (Å²) in [6.07, 6.45) is -5.40. The quantitative estimate of drug-likeness (QED) is 0.763. The van der Waals surface area contributed by atoms with Gasteiger partial charge in [0.2, 0.25) is 11.8 Å². The fourth-order valence-corrected chi connectivity index (χ4v) is 1.98. The molecule has 0 radical (unpaired) electrons. The number of ether oxygens (including phenoxy) is 1. The van der Waals surface area contributed by atoms with Crippen LogP contribution in [0.2, 0.25) is 0 Å². The molecule has 10 heteroatoms. The van der Waals surface area contributed by atoms with E-state index in [4.69, 9.17) is 0 Å². The molecule has 0 aliphatic carbocycles. The first-order valence-electron chi connectivity index (χ1n) is 7.81. The number of alkyl carbamates (subject to hydrolysis) is 1. The fourth-order valence-electron chi connectivity index (χ4n) is 1.98. The van der Waals surface area contributed by atoms with Crippen LogP contribution in [0.15, 0.2) is 24.3 Å². The van der Waals surface area contributed by atoms with Crippen molar-refractivity contribution in [1.82, 2.24) is 10.2 Å². The van der Waals surface area contributed by atoms with Crippen molar-refractivity contribution in [2.24, 2.45) is 0 Å². The first-order valence-corrected chi connectivity index (χ1v) is 7.81. The molecule has 0 atom stereocenters. The SMILES string of the molecule is CCOC(=O)NC(=O)CN(CC)CC(=O)Nc1cccc(C(F)(F)F)c1. The van der Waals surface area contributed by atoms with Crippen LogP contribution in [0.5, 0.6) is 0 Å². The van der Waals surface area contributed by atoms with Gasteiger partial charge in [-0.1, -0.05) is 13.0 Å². The minimum absolute atomic E-state index is 0.00291. The molecule has 0 aliphatic heterocycles. The summed E-state index contributed by atoms with van der Waals surface area (Å²) in [5.74, 6) is -1.24. The standard InChI is InChI=1S/C16H20F3N3O4/c1-3-22(10-14(24)21-15(25)26-4-2)9-13(23)20-12-7-5-6-11(8-12)16(17,18)19/h5-8H,3-4,9-10H2,1-2H3,(H,20,23)(H,21,24,25). The van der Waals surface area contributed by atoms with Gasteiger partial charge in [-0.15, -0.1) is 0 Å². The van der Waals surface area contributed by atoms with E-state index in [0.29, 0.717) is 6.54 Å². The van der Waals surface area contributed by atoms with Crippen LogP contribution < -0.4 is 10.6 Å². The van der Waals surface area contributed by atoms with Gasteiger partial charge in [0.05, 0.1) is 25.3 Å². The molecule has 0 saturated carbocycles. The van der Waals surface area contributed by atoms with E-state index in [1.807, 2.05) is 5.32 Å². The molecule has 1 rings (SSSR count). The Morgan fingerprint density at radius 3 is 2.35 bits per heavy atom. The molecule has 0 saturated heterocycles. The Morgan fingerprint density at radius 1 is 1.12 bits per heavy atom. The van der Waals surface area contributed by atoms with Gasteiger partial charge in [-0.3, -0.25) is 19.8 Å². The summed E-state index contributed by atoms with van der Waals surface area (Å²) in [6, 6.07) is 4.23. The van der Waals surface area contributed by atoms with Crippen LogP contribution >= 0.6 is 0 Å². The van der Waals surface area contributed by atoms with Gasteiger partial charge in [-0.25, -0.2) is 4.79 Å². The van der Waals surface area contributed by atoms with Gasteiger partial charge in [0.1, 0.15) is 0 Å². The number of rotatable bonds is 7. The number of hydrogen-bond donors (Lipinski definition) is 2. The topological polar surface area (TPSA) is 87.7 Å². The molecule has 0 heterocycles. The van der Waals surface area contributed by atoms with E-state index in [9.17, 15) is 27.6 Å². The lowest BCUT2D eigenvalue weighted by molar-refractivity contribution is -0.137. The minimum Gasteiger partial charge on any atom is -0.450 e. The molecule has 1 aromatic rings. The lowest BCUT2D eigenvalue weighted by Crippen LogP contribution is -2.43. The van der Waals surface area contributed by atoms with E-state index >= 15 is 0 Å². The van der Waals surface area contributed by atoms with Crippen LogP contribution in [0.4, 0.5) is 23.7 Å². The Balaban J connectivity index is 2.59. The molecule has 0 unspecified atom stereocenters. The molecule has 144 valence electrons. The maximum atomic E-state index is 12.7. The summed E-state index contributed by atoms with van der Waals surface area (Å²) in [5, 5.41) is 4.34. The summed E-state index contributed by atoms with van der Waals surface area (Å²) >= 11 is 0. The maximum Gasteiger partial charge on any atom is 0.416 e. The number of benzene rings is 1. The second-order valence-corrected chi connectivity index (χ2v) is 5.20. The van der Waals surface area contributed by atoms with E-state index in [0.717, 1.165) is 12.1 Å². The summed E-state index contributed by atoms with van der Waals surface area (Å²) in [4.78, 5) is 36.2. The number of nitrogens with one attached hydrogen (secondary N) is 2. The highest BCUT2D eigenvalue weighted by atomic mass is 19.4. The number of alkyl halides is 3. The second kappa shape index (κ2) is 9.76. The summed E-state index contributed by atoms with van der Waals surface area (Å²) in [5.41, 5.74) is -0.881.